The Morgan fingerprint density at radius 3 is 1.68 bits per heavy atom. The first kappa shape index (κ1) is 20.6. The van der Waals surface area contributed by atoms with Crippen LogP contribution in [0.5, 0.6) is 0 Å². The number of thiophene rings is 1. The molecule has 8 rings (SSSR count). The number of pyridine rings is 1. The van der Waals surface area contributed by atoms with Crippen molar-refractivity contribution in [2.45, 2.75) is 0 Å². The van der Waals surface area contributed by atoms with Gasteiger partial charge in [0.1, 0.15) is 0 Å². The minimum Gasteiger partial charge on any atom is -0.246 e. The molecule has 0 atom stereocenters. The van der Waals surface area contributed by atoms with Crippen LogP contribution in [0.1, 0.15) is 0 Å². The predicted molar refractivity (Wildman–Crippen MR) is 161 cm³/mol. The summed E-state index contributed by atoms with van der Waals surface area (Å²) in [7, 11) is 0. The fourth-order valence-electron chi connectivity index (χ4n) is 5.73. The Hall–Kier alpha value is -4.53. The van der Waals surface area contributed by atoms with Gasteiger partial charge < -0.3 is 0 Å². The molecule has 37 heavy (non-hydrogen) atoms. The van der Waals surface area contributed by atoms with Gasteiger partial charge in [0.2, 0.25) is 0 Å². The Labute approximate surface area is 218 Å². The largest absolute Gasteiger partial charge is 0.246 e. The molecule has 0 amide bonds. The summed E-state index contributed by atoms with van der Waals surface area (Å²) >= 11 is 1.84. The maximum atomic E-state index is 5.30. The van der Waals surface area contributed by atoms with E-state index in [4.69, 9.17) is 4.98 Å². The second-order valence-electron chi connectivity index (χ2n) is 9.55. The maximum absolute atomic E-state index is 5.30. The summed E-state index contributed by atoms with van der Waals surface area (Å²) in [5.74, 6) is 0. The van der Waals surface area contributed by atoms with E-state index in [0.717, 1.165) is 22.5 Å². The van der Waals surface area contributed by atoms with Gasteiger partial charge in [0.15, 0.2) is 0 Å². The maximum Gasteiger partial charge on any atom is 0.0888 e. The molecule has 0 saturated carbocycles. The highest BCUT2D eigenvalue weighted by molar-refractivity contribution is 7.26. The van der Waals surface area contributed by atoms with Gasteiger partial charge in [0.25, 0.3) is 0 Å². The molecular weight excluding hydrogens is 466 g/mol. The molecule has 6 aromatic carbocycles. The van der Waals surface area contributed by atoms with E-state index in [9.17, 15) is 0 Å². The van der Waals surface area contributed by atoms with Crippen molar-refractivity contribution in [3.8, 4) is 22.5 Å². The molecule has 0 aliphatic rings. The Bertz CT molecular complexity index is 2100. The molecule has 0 aliphatic heterocycles. The molecule has 0 aliphatic carbocycles. The quantitative estimate of drug-likeness (QED) is 0.221. The van der Waals surface area contributed by atoms with E-state index in [1.807, 2.05) is 11.3 Å². The molecule has 2 heteroatoms. The summed E-state index contributed by atoms with van der Waals surface area (Å²) in [4.78, 5) is 5.30. The summed E-state index contributed by atoms with van der Waals surface area (Å²) < 4.78 is 2.54. The average Bonchev–Trinajstić information content (AvgIpc) is 3.36. The molecule has 8 aromatic rings. The summed E-state index contributed by atoms with van der Waals surface area (Å²) in [6, 6.07) is 45.9. The first-order valence-corrected chi connectivity index (χ1v) is 13.4. The van der Waals surface area contributed by atoms with Gasteiger partial charge in [-0.25, -0.2) is 4.98 Å². The highest BCUT2D eigenvalue weighted by atomic mass is 32.1. The fraction of sp³-hybridized carbons (Fsp3) is 0. The normalized spacial score (nSPS) is 11.8. The van der Waals surface area contributed by atoms with Gasteiger partial charge >= 0.3 is 0 Å². The Balaban J connectivity index is 1.49. The van der Waals surface area contributed by atoms with Crippen molar-refractivity contribution in [2.24, 2.45) is 0 Å². The molecule has 2 aromatic heterocycles. The third-order valence-electron chi connectivity index (χ3n) is 7.45. The zero-order chi connectivity index (χ0) is 24.3. The second kappa shape index (κ2) is 7.99. The third-order valence-corrected chi connectivity index (χ3v) is 8.64. The van der Waals surface area contributed by atoms with Gasteiger partial charge in [-0.1, -0.05) is 109 Å². The number of benzene rings is 6. The first-order chi connectivity index (χ1) is 18.3. The van der Waals surface area contributed by atoms with Gasteiger partial charge in [0.05, 0.1) is 16.1 Å². The molecule has 172 valence electrons. The second-order valence-corrected chi connectivity index (χ2v) is 10.6. The van der Waals surface area contributed by atoms with E-state index in [1.165, 1.54) is 52.5 Å². The van der Waals surface area contributed by atoms with Crippen LogP contribution >= 0.6 is 11.3 Å². The zero-order valence-corrected chi connectivity index (χ0v) is 20.8. The molecule has 0 N–H and O–H groups in total. The highest BCUT2D eigenvalue weighted by Gasteiger charge is 2.16. The van der Waals surface area contributed by atoms with E-state index in [-0.39, 0.29) is 0 Å². The number of fused-ring (bicyclic) bond motifs is 9. The van der Waals surface area contributed by atoms with Crippen LogP contribution in [0.2, 0.25) is 0 Å². The van der Waals surface area contributed by atoms with E-state index < -0.39 is 0 Å². The van der Waals surface area contributed by atoms with Crippen LogP contribution in [0.4, 0.5) is 0 Å². The summed E-state index contributed by atoms with van der Waals surface area (Å²) in [6.45, 7) is 0. The van der Waals surface area contributed by atoms with E-state index in [0.29, 0.717) is 0 Å². The van der Waals surface area contributed by atoms with Crippen molar-refractivity contribution in [3.05, 3.63) is 127 Å². The smallest absolute Gasteiger partial charge is 0.0888 e. The Morgan fingerprint density at radius 1 is 0.405 bits per heavy atom. The Morgan fingerprint density at radius 2 is 0.973 bits per heavy atom. The topological polar surface area (TPSA) is 12.9 Å². The van der Waals surface area contributed by atoms with Crippen LogP contribution in [0, 0.1) is 0 Å². The van der Waals surface area contributed by atoms with Gasteiger partial charge in [-0.15, -0.1) is 11.3 Å². The highest BCUT2D eigenvalue weighted by Crippen LogP contribution is 2.43. The molecule has 0 unspecified atom stereocenters. The van der Waals surface area contributed by atoms with Crippen LogP contribution in [0.3, 0.4) is 0 Å². The number of aromatic nitrogens is 1. The lowest BCUT2D eigenvalue weighted by Gasteiger charge is -2.13. The van der Waals surface area contributed by atoms with Gasteiger partial charge in [0, 0.05) is 26.6 Å². The fourth-order valence-corrected chi connectivity index (χ4v) is 6.93. The Kier molecular flexibility index (Phi) is 4.46. The summed E-state index contributed by atoms with van der Waals surface area (Å²) in [5.41, 5.74) is 4.35. The summed E-state index contributed by atoms with van der Waals surface area (Å²) in [6.07, 6.45) is 0. The van der Waals surface area contributed by atoms with Crippen molar-refractivity contribution in [1.82, 2.24) is 4.98 Å². The van der Waals surface area contributed by atoms with Crippen LogP contribution in [-0.2, 0) is 0 Å². The zero-order valence-electron chi connectivity index (χ0n) is 20.0. The van der Waals surface area contributed by atoms with E-state index in [1.54, 1.807) is 0 Å². The molecular formula is C35H21NS. The van der Waals surface area contributed by atoms with Gasteiger partial charge in [-0.2, -0.15) is 0 Å². The van der Waals surface area contributed by atoms with Crippen molar-refractivity contribution in [3.63, 3.8) is 0 Å². The van der Waals surface area contributed by atoms with Crippen molar-refractivity contribution >= 4 is 63.8 Å². The molecule has 0 radical (unpaired) electrons. The van der Waals surface area contributed by atoms with Crippen LogP contribution in [0.25, 0.3) is 75.0 Å². The lowest BCUT2D eigenvalue weighted by molar-refractivity contribution is 1.36. The van der Waals surface area contributed by atoms with Crippen molar-refractivity contribution < 1.29 is 0 Å². The lowest BCUT2D eigenvalue weighted by atomic mass is 9.92. The molecule has 0 saturated heterocycles. The van der Waals surface area contributed by atoms with Crippen LogP contribution in [-0.4, -0.2) is 4.98 Å². The van der Waals surface area contributed by atoms with E-state index in [2.05, 4.69) is 127 Å². The first-order valence-electron chi connectivity index (χ1n) is 12.6. The monoisotopic (exact) mass is 487 g/mol. The van der Waals surface area contributed by atoms with Gasteiger partial charge in [-0.3, -0.25) is 0 Å². The molecule has 0 spiro atoms. The molecule has 2 heterocycles. The van der Waals surface area contributed by atoms with E-state index >= 15 is 0 Å². The van der Waals surface area contributed by atoms with Crippen molar-refractivity contribution in [1.29, 1.82) is 0 Å². The molecule has 0 fully saturated rings. The standard InChI is InChI=1S/C35H21NS/c1-2-10-22(11-3-1)32-21-31-29-16-8-9-17-33(29)37-35(31)34(36-32)23-18-19-28-26-14-5-4-12-24(26)25-13-6-7-15-27(25)30(28)20-23/h1-21H. The SMILES string of the molecule is c1ccc(-c2cc3c(sc4ccccc43)c(-c3ccc4c5ccccc5c5ccccc5c4c3)n2)cc1. The van der Waals surface area contributed by atoms with Gasteiger partial charge in [-0.05, 0) is 50.5 Å². The number of hydrogen-bond donors (Lipinski definition) is 0. The average molecular weight is 488 g/mol. The number of rotatable bonds is 2. The van der Waals surface area contributed by atoms with Crippen LogP contribution in [0.15, 0.2) is 127 Å². The van der Waals surface area contributed by atoms with Crippen LogP contribution < -0.4 is 0 Å². The minimum absolute atomic E-state index is 1.01. The van der Waals surface area contributed by atoms with Crippen molar-refractivity contribution in [2.75, 3.05) is 0 Å². The molecule has 1 nitrogen and oxygen atoms in total. The molecule has 0 bridgehead atoms. The minimum atomic E-state index is 1.01. The number of hydrogen-bond acceptors (Lipinski definition) is 2. The predicted octanol–water partition coefficient (Wildman–Crippen LogP) is 10.2. The lowest BCUT2D eigenvalue weighted by Crippen LogP contribution is -1.90. The number of nitrogens with zero attached hydrogens (tertiary/aromatic N) is 1. The summed E-state index contributed by atoms with van der Waals surface area (Å²) in [5, 5.41) is 10.3. The third kappa shape index (κ3) is 3.13.